The molecule has 1 amide bonds. The largest absolute Gasteiger partial charge is 0.445 e. The Kier molecular flexibility index (Phi) is 5.17. The molecule has 1 spiro atoms. The van der Waals surface area contributed by atoms with Gasteiger partial charge < -0.3 is 9.64 Å². The molecule has 0 aromatic heterocycles. The summed E-state index contributed by atoms with van der Waals surface area (Å²) < 4.78 is 5.60. The summed E-state index contributed by atoms with van der Waals surface area (Å²) in [6, 6.07) is 20.5. The van der Waals surface area contributed by atoms with Gasteiger partial charge in [-0.3, -0.25) is 4.90 Å². The van der Waals surface area contributed by atoms with Crippen molar-refractivity contribution in [3.8, 4) is 0 Å². The van der Waals surface area contributed by atoms with Crippen molar-refractivity contribution < 1.29 is 9.53 Å². The predicted octanol–water partition coefficient (Wildman–Crippen LogP) is 4.31. The maximum atomic E-state index is 12.7. The lowest BCUT2D eigenvalue weighted by Crippen LogP contribution is -2.71. The molecule has 4 rings (SSSR count). The number of hydrogen-bond donors (Lipinski definition) is 0. The van der Waals surface area contributed by atoms with Gasteiger partial charge in [-0.2, -0.15) is 0 Å². The van der Waals surface area contributed by atoms with Crippen LogP contribution in [0.5, 0.6) is 0 Å². The van der Waals surface area contributed by atoms with Crippen LogP contribution in [0, 0.1) is 5.92 Å². The molecule has 2 heterocycles. The highest BCUT2D eigenvalue weighted by Crippen LogP contribution is 2.44. The standard InChI is InChI=1S/C23H28N2O2/c1-19-16-25(22(26)27-18-21-10-6-3-7-11-21)23(19)12-14-24(15-13-23)17-20-8-4-2-5-9-20/h2-11,19H,12-18H2,1H3/t19-/m0/s1. The minimum Gasteiger partial charge on any atom is -0.445 e. The Morgan fingerprint density at radius 3 is 2.19 bits per heavy atom. The van der Waals surface area contributed by atoms with E-state index in [1.54, 1.807) is 0 Å². The number of carbonyl (C=O) groups is 1. The summed E-state index contributed by atoms with van der Waals surface area (Å²) >= 11 is 0. The average molecular weight is 364 g/mol. The lowest BCUT2D eigenvalue weighted by Gasteiger charge is -2.60. The van der Waals surface area contributed by atoms with Crippen LogP contribution in [0.15, 0.2) is 60.7 Å². The Labute approximate surface area is 161 Å². The van der Waals surface area contributed by atoms with Gasteiger partial charge in [0.2, 0.25) is 0 Å². The molecule has 2 saturated heterocycles. The number of carbonyl (C=O) groups excluding carboxylic acids is 1. The van der Waals surface area contributed by atoms with E-state index >= 15 is 0 Å². The first-order valence-electron chi connectivity index (χ1n) is 9.92. The minimum atomic E-state index is -0.159. The van der Waals surface area contributed by atoms with E-state index in [2.05, 4.69) is 42.2 Å². The average Bonchev–Trinajstić information content (AvgIpc) is 2.72. The molecular formula is C23H28N2O2. The number of benzene rings is 2. The fourth-order valence-electron chi connectivity index (χ4n) is 4.54. The molecule has 2 aromatic carbocycles. The quantitative estimate of drug-likeness (QED) is 0.810. The van der Waals surface area contributed by atoms with E-state index in [1.807, 2.05) is 35.2 Å². The van der Waals surface area contributed by atoms with Crippen molar-refractivity contribution in [1.29, 1.82) is 0 Å². The van der Waals surface area contributed by atoms with Gasteiger partial charge in [0.25, 0.3) is 0 Å². The summed E-state index contributed by atoms with van der Waals surface area (Å²) in [5.41, 5.74) is 2.38. The molecule has 2 aliphatic heterocycles. The fraction of sp³-hybridized carbons (Fsp3) is 0.435. The maximum absolute atomic E-state index is 12.7. The summed E-state index contributed by atoms with van der Waals surface area (Å²) in [4.78, 5) is 17.2. The smallest absolute Gasteiger partial charge is 0.410 e. The lowest BCUT2D eigenvalue weighted by atomic mass is 9.69. The van der Waals surface area contributed by atoms with Crippen molar-refractivity contribution in [2.24, 2.45) is 5.92 Å². The number of nitrogens with zero attached hydrogens (tertiary/aromatic N) is 2. The molecule has 0 N–H and O–H groups in total. The Morgan fingerprint density at radius 2 is 1.59 bits per heavy atom. The van der Waals surface area contributed by atoms with Crippen LogP contribution in [0.1, 0.15) is 30.9 Å². The van der Waals surface area contributed by atoms with Crippen LogP contribution in [0.4, 0.5) is 4.79 Å². The van der Waals surface area contributed by atoms with Crippen LogP contribution < -0.4 is 0 Å². The van der Waals surface area contributed by atoms with Crippen molar-refractivity contribution >= 4 is 6.09 Å². The molecule has 0 unspecified atom stereocenters. The molecule has 0 radical (unpaired) electrons. The normalized spacial score (nSPS) is 21.7. The molecule has 0 aliphatic carbocycles. The van der Waals surface area contributed by atoms with E-state index < -0.39 is 0 Å². The summed E-state index contributed by atoms with van der Waals surface area (Å²) in [6.07, 6.45) is 1.90. The molecule has 2 aliphatic rings. The second kappa shape index (κ2) is 7.73. The van der Waals surface area contributed by atoms with E-state index in [1.165, 1.54) is 5.56 Å². The lowest BCUT2D eigenvalue weighted by molar-refractivity contribution is -0.0962. The molecule has 0 saturated carbocycles. The third-order valence-electron chi connectivity index (χ3n) is 6.31. The Balaban J connectivity index is 1.33. The third-order valence-corrected chi connectivity index (χ3v) is 6.31. The molecule has 4 heteroatoms. The Morgan fingerprint density at radius 1 is 1.00 bits per heavy atom. The highest BCUT2D eigenvalue weighted by molar-refractivity contribution is 5.70. The number of piperidine rings is 1. The van der Waals surface area contributed by atoms with Crippen LogP contribution in [-0.2, 0) is 17.9 Å². The minimum absolute atomic E-state index is 0.0129. The predicted molar refractivity (Wildman–Crippen MR) is 106 cm³/mol. The van der Waals surface area contributed by atoms with Crippen LogP contribution in [0.2, 0.25) is 0 Å². The van der Waals surface area contributed by atoms with Gasteiger partial charge in [0.05, 0.1) is 5.54 Å². The zero-order valence-corrected chi connectivity index (χ0v) is 16.0. The molecular weight excluding hydrogens is 336 g/mol. The summed E-state index contributed by atoms with van der Waals surface area (Å²) in [5, 5.41) is 0. The third kappa shape index (κ3) is 3.72. The van der Waals surface area contributed by atoms with Crippen LogP contribution in [-0.4, -0.2) is 41.1 Å². The molecule has 27 heavy (non-hydrogen) atoms. The SMILES string of the molecule is C[C@H]1CN(C(=O)OCc2ccccc2)C12CCN(Cc1ccccc1)CC2. The highest BCUT2D eigenvalue weighted by Gasteiger charge is 2.54. The van der Waals surface area contributed by atoms with Crippen molar-refractivity contribution in [2.75, 3.05) is 19.6 Å². The molecule has 2 fully saturated rings. The summed E-state index contributed by atoms with van der Waals surface area (Å²) in [5.74, 6) is 0.542. The van der Waals surface area contributed by atoms with Gasteiger partial charge in [-0.25, -0.2) is 4.79 Å². The number of likely N-dealkylation sites (tertiary alicyclic amines) is 2. The second-order valence-corrected chi connectivity index (χ2v) is 7.92. The molecule has 2 aromatic rings. The van der Waals surface area contributed by atoms with Crippen LogP contribution in [0.25, 0.3) is 0 Å². The van der Waals surface area contributed by atoms with E-state index in [4.69, 9.17) is 4.74 Å². The maximum Gasteiger partial charge on any atom is 0.410 e. The first-order chi connectivity index (χ1) is 13.2. The second-order valence-electron chi connectivity index (χ2n) is 7.92. The van der Waals surface area contributed by atoms with Gasteiger partial charge in [-0.15, -0.1) is 0 Å². The zero-order chi connectivity index (χ0) is 18.7. The van der Waals surface area contributed by atoms with Crippen molar-refractivity contribution in [3.63, 3.8) is 0 Å². The number of amides is 1. The van der Waals surface area contributed by atoms with Crippen LogP contribution in [0.3, 0.4) is 0 Å². The van der Waals surface area contributed by atoms with Crippen molar-refractivity contribution in [2.45, 2.75) is 38.5 Å². The first kappa shape index (κ1) is 18.1. The highest BCUT2D eigenvalue weighted by atomic mass is 16.6. The van der Waals surface area contributed by atoms with E-state index in [0.29, 0.717) is 12.5 Å². The summed E-state index contributed by atoms with van der Waals surface area (Å²) in [7, 11) is 0. The number of rotatable bonds is 4. The van der Waals surface area contributed by atoms with E-state index in [0.717, 1.165) is 44.6 Å². The molecule has 142 valence electrons. The molecule has 1 atom stereocenters. The van der Waals surface area contributed by atoms with E-state index in [9.17, 15) is 4.79 Å². The van der Waals surface area contributed by atoms with Gasteiger partial charge in [-0.1, -0.05) is 67.6 Å². The fourth-order valence-corrected chi connectivity index (χ4v) is 4.54. The number of hydrogen-bond acceptors (Lipinski definition) is 3. The Bertz CT molecular complexity index is 754. The van der Waals surface area contributed by atoms with Crippen LogP contribution >= 0.6 is 0 Å². The van der Waals surface area contributed by atoms with Crippen molar-refractivity contribution in [3.05, 3.63) is 71.8 Å². The van der Waals surface area contributed by atoms with Gasteiger partial charge in [-0.05, 0) is 29.9 Å². The van der Waals surface area contributed by atoms with Gasteiger partial charge in [0.1, 0.15) is 6.61 Å². The van der Waals surface area contributed by atoms with Gasteiger partial charge in [0.15, 0.2) is 0 Å². The van der Waals surface area contributed by atoms with E-state index in [-0.39, 0.29) is 11.6 Å². The van der Waals surface area contributed by atoms with Crippen molar-refractivity contribution in [1.82, 2.24) is 9.80 Å². The summed E-state index contributed by atoms with van der Waals surface area (Å²) in [6.45, 7) is 6.48. The topological polar surface area (TPSA) is 32.8 Å². The molecule has 4 nitrogen and oxygen atoms in total. The zero-order valence-electron chi connectivity index (χ0n) is 16.0. The Hall–Kier alpha value is -2.33. The van der Waals surface area contributed by atoms with Gasteiger partial charge >= 0.3 is 6.09 Å². The monoisotopic (exact) mass is 364 g/mol. The number of ether oxygens (including phenoxy) is 1. The molecule has 0 bridgehead atoms. The van der Waals surface area contributed by atoms with Gasteiger partial charge in [0, 0.05) is 26.2 Å². The first-order valence-corrected chi connectivity index (χ1v) is 9.92.